The monoisotopic (exact) mass is 397 g/mol. The fourth-order valence-electron chi connectivity index (χ4n) is 2.74. The van der Waals surface area contributed by atoms with Crippen LogP contribution in [0.25, 0.3) is 11.0 Å². The molecule has 27 heavy (non-hydrogen) atoms. The van der Waals surface area contributed by atoms with Crippen molar-refractivity contribution in [3.8, 4) is 0 Å². The third-order valence-corrected chi connectivity index (χ3v) is 4.72. The molecule has 4 aromatic rings. The summed E-state index contributed by atoms with van der Waals surface area (Å²) in [6.45, 7) is 0.320. The van der Waals surface area contributed by atoms with Crippen molar-refractivity contribution in [3.05, 3.63) is 82.4 Å². The molecule has 0 fully saturated rings. The van der Waals surface area contributed by atoms with Crippen molar-refractivity contribution in [2.24, 2.45) is 0 Å². The summed E-state index contributed by atoms with van der Waals surface area (Å²) >= 11 is 12.6. The van der Waals surface area contributed by atoms with Gasteiger partial charge in [-0.2, -0.15) is 5.10 Å². The van der Waals surface area contributed by atoms with E-state index in [1.54, 1.807) is 59.7 Å². The van der Waals surface area contributed by atoms with Crippen LogP contribution < -0.4 is 5.32 Å². The lowest BCUT2D eigenvalue weighted by molar-refractivity contribution is 0.102. The van der Waals surface area contributed by atoms with E-state index >= 15 is 0 Å². The smallest absolute Gasteiger partial charge is 0.278 e. The van der Waals surface area contributed by atoms with E-state index in [0.717, 1.165) is 5.56 Å². The second-order valence-corrected chi connectivity index (χ2v) is 6.59. The number of pyridine rings is 2. The van der Waals surface area contributed by atoms with Gasteiger partial charge >= 0.3 is 0 Å². The van der Waals surface area contributed by atoms with E-state index < -0.39 is 0 Å². The van der Waals surface area contributed by atoms with Crippen LogP contribution in [0.4, 0.5) is 5.69 Å². The van der Waals surface area contributed by atoms with Gasteiger partial charge in [0.2, 0.25) is 0 Å². The van der Waals surface area contributed by atoms with Crippen LogP contribution in [0.3, 0.4) is 0 Å². The molecule has 0 spiro atoms. The molecule has 0 saturated heterocycles. The number of aromatic nitrogens is 4. The number of hydrogen-bond donors (Lipinski definition) is 1. The summed E-state index contributed by atoms with van der Waals surface area (Å²) < 4.78 is 1.67. The molecule has 1 N–H and O–H groups in total. The average molecular weight is 398 g/mol. The fraction of sp³-hybridized carbons (Fsp3) is 0.0526. The van der Waals surface area contributed by atoms with Gasteiger partial charge in [0.1, 0.15) is 5.52 Å². The van der Waals surface area contributed by atoms with Gasteiger partial charge in [0, 0.05) is 28.0 Å². The summed E-state index contributed by atoms with van der Waals surface area (Å²) in [6, 6.07) is 12.4. The van der Waals surface area contributed by atoms with E-state index in [1.165, 1.54) is 0 Å². The van der Waals surface area contributed by atoms with Crippen molar-refractivity contribution in [1.29, 1.82) is 0 Å². The molecule has 1 amide bonds. The Bertz CT molecular complexity index is 1110. The molecule has 0 aliphatic rings. The van der Waals surface area contributed by atoms with Gasteiger partial charge in [-0.25, -0.2) is 0 Å². The van der Waals surface area contributed by atoms with Crippen LogP contribution in [-0.2, 0) is 6.54 Å². The van der Waals surface area contributed by atoms with Crippen LogP contribution in [0, 0.1) is 0 Å². The maximum atomic E-state index is 12.7. The summed E-state index contributed by atoms with van der Waals surface area (Å²) in [5, 5.41) is 8.32. The van der Waals surface area contributed by atoms with Crippen LogP contribution in [0.5, 0.6) is 0 Å². The Morgan fingerprint density at radius 3 is 2.56 bits per heavy atom. The molecule has 0 aliphatic carbocycles. The SMILES string of the molecule is O=C(Nc1cccnc1)c1nn(Cc2c(Cl)cccc2Cl)c2cccnc12. The first-order valence-corrected chi connectivity index (χ1v) is 8.85. The Morgan fingerprint density at radius 2 is 1.81 bits per heavy atom. The van der Waals surface area contributed by atoms with Gasteiger partial charge in [-0.05, 0) is 36.4 Å². The average Bonchev–Trinajstić information content (AvgIpc) is 3.04. The quantitative estimate of drug-likeness (QED) is 0.552. The van der Waals surface area contributed by atoms with Crippen LogP contribution >= 0.6 is 23.2 Å². The number of anilines is 1. The van der Waals surface area contributed by atoms with Crippen molar-refractivity contribution >= 4 is 45.8 Å². The van der Waals surface area contributed by atoms with Gasteiger partial charge in [0.05, 0.1) is 23.9 Å². The molecule has 0 unspecified atom stereocenters. The Balaban J connectivity index is 1.74. The Labute approximate surface area is 164 Å². The second-order valence-electron chi connectivity index (χ2n) is 5.77. The minimum Gasteiger partial charge on any atom is -0.319 e. The minimum atomic E-state index is -0.365. The number of benzene rings is 1. The van der Waals surface area contributed by atoms with Crippen LogP contribution in [0.15, 0.2) is 61.1 Å². The Kier molecular flexibility index (Phi) is 4.75. The van der Waals surface area contributed by atoms with E-state index in [1.807, 2.05) is 6.07 Å². The van der Waals surface area contributed by atoms with Crippen molar-refractivity contribution < 1.29 is 4.79 Å². The predicted octanol–water partition coefficient (Wildman–Crippen LogP) is 4.43. The zero-order chi connectivity index (χ0) is 18.8. The van der Waals surface area contributed by atoms with Crippen molar-refractivity contribution in [2.45, 2.75) is 6.54 Å². The number of fused-ring (bicyclic) bond motifs is 1. The number of carbonyl (C=O) groups is 1. The summed E-state index contributed by atoms with van der Waals surface area (Å²) in [5.41, 5.74) is 2.74. The zero-order valence-electron chi connectivity index (χ0n) is 13.9. The van der Waals surface area contributed by atoms with Crippen LogP contribution in [0.2, 0.25) is 10.0 Å². The van der Waals surface area contributed by atoms with Gasteiger partial charge in [-0.15, -0.1) is 0 Å². The molecule has 8 heteroatoms. The zero-order valence-corrected chi connectivity index (χ0v) is 15.4. The van der Waals surface area contributed by atoms with Gasteiger partial charge in [0.25, 0.3) is 5.91 Å². The van der Waals surface area contributed by atoms with Gasteiger partial charge in [0.15, 0.2) is 5.69 Å². The lowest BCUT2D eigenvalue weighted by atomic mass is 10.2. The molecule has 1 aromatic carbocycles. The normalized spacial score (nSPS) is 10.9. The Morgan fingerprint density at radius 1 is 1.04 bits per heavy atom. The summed E-state index contributed by atoms with van der Waals surface area (Å²) in [5.74, 6) is -0.365. The van der Waals surface area contributed by atoms with E-state index in [9.17, 15) is 4.79 Å². The van der Waals surface area contributed by atoms with Crippen LogP contribution in [0.1, 0.15) is 16.1 Å². The minimum absolute atomic E-state index is 0.220. The lowest BCUT2D eigenvalue weighted by Gasteiger charge is -2.08. The summed E-state index contributed by atoms with van der Waals surface area (Å²) in [4.78, 5) is 21.0. The molecule has 3 aromatic heterocycles. The first kappa shape index (κ1) is 17.5. The van der Waals surface area contributed by atoms with Crippen LogP contribution in [-0.4, -0.2) is 25.7 Å². The maximum Gasteiger partial charge on any atom is 0.278 e. The van der Waals surface area contributed by atoms with E-state index in [0.29, 0.717) is 33.3 Å². The van der Waals surface area contributed by atoms with Gasteiger partial charge in [-0.1, -0.05) is 29.3 Å². The van der Waals surface area contributed by atoms with Crippen molar-refractivity contribution in [2.75, 3.05) is 5.32 Å². The maximum absolute atomic E-state index is 12.7. The largest absolute Gasteiger partial charge is 0.319 e. The number of rotatable bonds is 4. The lowest BCUT2D eigenvalue weighted by Crippen LogP contribution is -2.14. The summed E-state index contributed by atoms with van der Waals surface area (Å²) in [6.07, 6.45) is 4.82. The van der Waals surface area contributed by atoms with Crippen molar-refractivity contribution in [1.82, 2.24) is 19.7 Å². The number of amides is 1. The molecular formula is C19H13Cl2N5O. The molecule has 6 nitrogen and oxygen atoms in total. The second kappa shape index (κ2) is 7.34. The third kappa shape index (κ3) is 3.49. The molecule has 0 saturated carbocycles. The molecule has 0 bridgehead atoms. The third-order valence-electron chi connectivity index (χ3n) is 4.01. The Hall–Kier alpha value is -2.96. The molecular weight excluding hydrogens is 385 g/mol. The van der Waals surface area contributed by atoms with Gasteiger partial charge < -0.3 is 5.32 Å². The molecule has 4 rings (SSSR count). The van der Waals surface area contributed by atoms with E-state index in [-0.39, 0.29) is 11.6 Å². The fourth-order valence-corrected chi connectivity index (χ4v) is 3.26. The highest BCUT2D eigenvalue weighted by Gasteiger charge is 2.19. The number of carbonyl (C=O) groups excluding carboxylic acids is 1. The summed E-state index contributed by atoms with van der Waals surface area (Å²) in [7, 11) is 0. The highest BCUT2D eigenvalue weighted by atomic mass is 35.5. The highest BCUT2D eigenvalue weighted by molar-refractivity contribution is 6.36. The van der Waals surface area contributed by atoms with E-state index in [2.05, 4.69) is 20.4 Å². The number of halogens is 2. The van der Waals surface area contributed by atoms with Gasteiger partial charge in [-0.3, -0.25) is 19.4 Å². The number of hydrogen-bond acceptors (Lipinski definition) is 4. The molecule has 134 valence electrons. The first-order chi connectivity index (χ1) is 13.1. The molecule has 0 atom stereocenters. The first-order valence-electron chi connectivity index (χ1n) is 8.09. The van der Waals surface area contributed by atoms with Crippen molar-refractivity contribution in [3.63, 3.8) is 0 Å². The highest BCUT2D eigenvalue weighted by Crippen LogP contribution is 2.27. The predicted molar refractivity (Wildman–Crippen MR) is 105 cm³/mol. The topological polar surface area (TPSA) is 72.7 Å². The van der Waals surface area contributed by atoms with E-state index in [4.69, 9.17) is 23.2 Å². The molecule has 0 aliphatic heterocycles. The standard InChI is InChI=1S/C19H13Cl2N5O/c20-14-5-1-6-15(21)13(14)11-26-16-7-3-9-23-17(16)18(25-26)19(27)24-12-4-2-8-22-10-12/h1-10H,11H2,(H,24,27). The molecule has 0 radical (unpaired) electrons. The number of nitrogens with one attached hydrogen (secondary N) is 1. The molecule has 3 heterocycles. The number of nitrogens with zero attached hydrogens (tertiary/aromatic N) is 4.